The quantitative estimate of drug-likeness (QED) is 0.697. The van der Waals surface area contributed by atoms with E-state index in [9.17, 15) is 4.79 Å². The summed E-state index contributed by atoms with van der Waals surface area (Å²) in [6.45, 7) is 8.51. The zero-order valence-corrected chi connectivity index (χ0v) is 16.2. The van der Waals surface area contributed by atoms with E-state index in [2.05, 4.69) is 0 Å². The summed E-state index contributed by atoms with van der Waals surface area (Å²) in [6, 6.07) is 7.35. The lowest BCUT2D eigenvalue weighted by atomic mass is 10.1. The van der Waals surface area contributed by atoms with E-state index >= 15 is 0 Å². The molecule has 6 heteroatoms. The van der Waals surface area contributed by atoms with Gasteiger partial charge in [0.05, 0.1) is 26.1 Å². The lowest BCUT2D eigenvalue weighted by molar-refractivity contribution is 0.0789. The van der Waals surface area contributed by atoms with E-state index in [1.54, 1.807) is 18.4 Å². The van der Waals surface area contributed by atoms with E-state index < -0.39 is 0 Å². The van der Waals surface area contributed by atoms with Crippen molar-refractivity contribution in [3.63, 3.8) is 0 Å². The second-order valence-electron chi connectivity index (χ2n) is 6.35. The number of likely N-dealkylation sites (tertiary alicyclic amines) is 1. The Bertz CT molecular complexity index is 729. The van der Waals surface area contributed by atoms with Gasteiger partial charge in [-0.1, -0.05) is 0 Å². The van der Waals surface area contributed by atoms with Gasteiger partial charge in [0, 0.05) is 24.6 Å². The maximum atomic E-state index is 13.1. The van der Waals surface area contributed by atoms with Crippen molar-refractivity contribution in [1.29, 1.82) is 0 Å². The number of amides is 1. The first kappa shape index (κ1) is 19.1. The van der Waals surface area contributed by atoms with Crippen molar-refractivity contribution in [1.82, 2.24) is 4.90 Å². The van der Waals surface area contributed by atoms with E-state index in [1.165, 1.54) is 0 Å². The molecule has 1 aromatic heterocycles. The minimum Gasteiger partial charge on any atom is -0.490 e. The highest BCUT2D eigenvalue weighted by Gasteiger charge is 2.30. The fourth-order valence-corrected chi connectivity index (χ4v) is 3.40. The monoisotopic (exact) mass is 373 g/mol. The van der Waals surface area contributed by atoms with Crippen LogP contribution in [0.5, 0.6) is 17.2 Å². The molecule has 2 aromatic rings. The van der Waals surface area contributed by atoms with Crippen LogP contribution in [0.3, 0.4) is 0 Å². The van der Waals surface area contributed by atoms with E-state index in [0.29, 0.717) is 55.7 Å². The van der Waals surface area contributed by atoms with Crippen LogP contribution in [0.4, 0.5) is 0 Å². The van der Waals surface area contributed by atoms with Gasteiger partial charge in [-0.25, -0.2) is 0 Å². The van der Waals surface area contributed by atoms with Gasteiger partial charge in [-0.05, 0) is 51.5 Å². The highest BCUT2D eigenvalue weighted by atomic mass is 16.5. The molecule has 0 N–H and O–H groups in total. The molecule has 1 aromatic carbocycles. The Morgan fingerprint density at radius 1 is 1.11 bits per heavy atom. The molecule has 1 unspecified atom stereocenters. The van der Waals surface area contributed by atoms with Crippen molar-refractivity contribution in [3.8, 4) is 17.2 Å². The molecule has 1 aliphatic rings. The molecule has 2 heterocycles. The summed E-state index contributed by atoms with van der Waals surface area (Å²) in [5.74, 6) is 2.76. The van der Waals surface area contributed by atoms with Gasteiger partial charge in [0.1, 0.15) is 5.76 Å². The molecule has 3 rings (SSSR count). The van der Waals surface area contributed by atoms with Crippen LogP contribution in [0.15, 0.2) is 34.9 Å². The molecule has 6 nitrogen and oxygen atoms in total. The number of benzene rings is 1. The number of hydrogen-bond donors (Lipinski definition) is 0. The van der Waals surface area contributed by atoms with Crippen molar-refractivity contribution < 1.29 is 23.4 Å². The molecular weight excluding hydrogens is 346 g/mol. The van der Waals surface area contributed by atoms with Gasteiger partial charge >= 0.3 is 0 Å². The van der Waals surface area contributed by atoms with Gasteiger partial charge in [-0.2, -0.15) is 0 Å². The topological polar surface area (TPSA) is 61.1 Å². The molecule has 1 saturated heterocycles. The molecular formula is C21H27NO5. The minimum absolute atomic E-state index is 0.0333. The van der Waals surface area contributed by atoms with E-state index in [0.717, 1.165) is 12.2 Å². The molecule has 0 spiro atoms. The van der Waals surface area contributed by atoms with Crippen molar-refractivity contribution in [2.24, 2.45) is 0 Å². The average molecular weight is 373 g/mol. The SMILES string of the molecule is CCOc1cc(C(=O)N2CCC(c3ccco3)C2)cc(OCC)c1OCC. The summed E-state index contributed by atoms with van der Waals surface area (Å²) in [5.41, 5.74) is 0.547. The summed E-state index contributed by atoms with van der Waals surface area (Å²) < 4.78 is 22.7. The predicted octanol–water partition coefficient (Wildman–Crippen LogP) is 4.11. The Kier molecular flexibility index (Phi) is 6.27. The summed E-state index contributed by atoms with van der Waals surface area (Å²) in [7, 11) is 0. The van der Waals surface area contributed by atoms with Crippen LogP contribution >= 0.6 is 0 Å². The molecule has 0 saturated carbocycles. The molecule has 0 aliphatic carbocycles. The third-order valence-corrected chi connectivity index (χ3v) is 4.58. The number of furan rings is 1. The minimum atomic E-state index is -0.0333. The molecule has 146 valence electrons. The first-order chi connectivity index (χ1) is 13.2. The van der Waals surface area contributed by atoms with Crippen LogP contribution in [0.1, 0.15) is 49.2 Å². The number of carbonyl (C=O) groups excluding carboxylic acids is 1. The molecule has 1 atom stereocenters. The summed E-state index contributed by atoms with van der Waals surface area (Å²) in [6.07, 6.45) is 2.57. The van der Waals surface area contributed by atoms with Gasteiger partial charge in [-0.15, -0.1) is 0 Å². The zero-order chi connectivity index (χ0) is 19.2. The van der Waals surface area contributed by atoms with Gasteiger partial charge in [0.25, 0.3) is 5.91 Å². The first-order valence-electron chi connectivity index (χ1n) is 9.56. The smallest absolute Gasteiger partial charge is 0.254 e. The number of ether oxygens (including phenoxy) is 3. The normalized spacial score (nSPS) is 16.4. The second kappa shape index (κ2) is 8.84. The van der Waals surface area contributed by atoms with E-state index in [1.807, 2.05) is 37.8 Å². The fraction of sp³-hybridized carbons (Fsp3) is 0.476. The predicted molar refractivity (Wildman–Crippen MR) is 102 cm³/mol. The van der Waals surface area contributed by atoms with Gasteiger partial charge in [-0.3, -0.25) is 4.79 Å². The third-order valence-electron chi connectivity index (χ3n) is 4.58. The molecule has 27 heavy (non-hydrogen) atoms. The Morgan fingerprint density at radius 3 is 2.33 bits per heavy atom. The third kappa shape index (κ3) is 4.21. The standard InChI is InChI=1S/C21H27NO5/c1-4-24-18-12-16(13-19(25-5-2)20(18)26-6-3)21(23)22-10-9-15(14-22)17-8-7-11-27-17/h7-8,11-13,15H,4-6,9-10,14H2,1-3H3. The van der Waals surface area contributed by atoms with Gasteiger partial charge in [0.15, 0.2) is 11.5 Å². The second-order valence-corrected chi connectivity index (χ2v) is 6.35. The van der Waals surface area contributed by atoms with E-state index in [4.69, 9.17) is 18.6 Å². The Balaban J connectivity index is 1.85. The summed E-state index contributed by atoms with van der Waals surface area (Å²) in [4.78, 5) is 14.9. The highest BCUT2D eigenvalue weighted by molar-refractivity contribution is 5.96. The molecule has 1 aliphatic heterocycles. The Hall–Kier alpha value is -2.63. The van der Waals surface area contributed by atoms with Crippen molar-refractivity contribution >= 4 is 5.91 Å². The lowest BCUT2D eigenvalue weighted by Gasteiger charge is -2.20. The van der Waals surface area contributed by atoms with Crippen molar-refractivity contribution in [3.05, 3.63) is 41.9 Å². The van der Waals surface area contributed by atoms with Gasteiger partial charge in [0.2, 0.25) is 5.75 Å². The largest absolute Gasteiger partial charge is 0.490 e. The molecule has 1 amide bonds. The fourth-order valence-electron chi connectivity index (χ4n) is 3.40. The van der Waals surface area contributed by atoms with Gasteiger partial charge < -0.3 is 23.5 Å². The Labute approximate surface area is 160 Å². The number of carbonyl (C=O) groups is 1. The van der Waals surface area contributed by atoms with Crippen LogP contribution < -0.4 is 14.2 Å². The highest BCUT2D eigenvalue weighted by Crippen LogP contribution is 2.40. The maximum Gasteiger partial charge on any atom is 0.254 e. The van der Waals surface area contributed by atoms with E-state index in [-0.39, 0.29) is 11.8 Å². The van der Waals surface area contributed by atoms with Crippen LogP contribution in [-0.2, 0) is 0 Å². The maximum absolute atomic E-state index is 13.1. The first-order valence-corrected chi connectivity index (χ1v) is 9.56. The van der Waals surface area contributed by atoms with Crippen LogP contribution in [-0.4, -0.2) is 43.7 Å². The average Bonchev–Trinajstić information content (AvgIpc) is 3.35. The Morgan fingerprint density at radius 2 is 1.78 bits per heavy atom. The van der Waals surface area contributed by atoms with Crippen LogP contribution in [0.2, 0.25) is 0 Å². The number of hydrogen-bond acceptors (Lipinski definition) is 5. The number of rotatable bonds is 8. The lowest BCUT2D eigenvalue weighted by Crippen LogP contribution is -2.28. The summed E-state index contributed by atoms with van der Waals surface area (Å²) in [5, 5.41) is 0. The zero-order valence-electron chi connectivity index (χ0n) is 16.2. The van der Waals surface area contributed by atoms with Crippen molar-refractivity contribution in [2.45, 2.75) is 33.1 Å². The molecule has 0 bridgehead atoms. The van der Waals surface area contributed by atoms with Crippen LogP contribution in [0.25, 0.3) is 0 Å². The number of nitrogens with zero attached hydrogens (tertiary/aromatic N) is 1. The van der Waals surface area contributed by atoms with Crippen molar-refractivity contribution in [2.75, 3.05) is 32.9 Å². The summed E-state index contributed by atoms with van der Waals surface area (Å²) >= 11 is 0. The van der Waals surface area contributed by atoms with Crippen LogP contribution in [0, 0.1) is 0 Å². The molecule has 0 radical (unpaired) electrons. The molecule has 1 fully saturated rings.